The molecule has 0 aliphatic carbocycles. The van der Waals surface area contributed by atoms with E-state index in [0.717, 1.165) is 12.1 Å². The molecule has 0 bridgehead atoms. The van der Waals surface area contributed by atoms with Crippen LogP contribution >= 0.6 is 11.8 Å². The highest BCUT2D eigenvalue weighted by molar-refractivity contribution is 7.99. The van der Waals surface area contributed by atoms with Gasteiger partial charge in [0.1, 0.15) is 11.9 Å². The zero-order valence-corrected chi connectivity index (χ0v) is 21.8. The summed E-state index contributed by atoms with van der Waals surface area (Å²) in [5, 5.41) is 10.5. The van der Waals surface area contributed by atoms with Crippen molar-refractivity contribution in [1.29, 1.82) is 0 Å². The van der Waals surface area contributed by atoms with Gasteiger partial charge in [-0.25, -0.2) is 4.39 Å². The molecular weight excluding hydrogens is 520 g/mol. The van der Waals surface area contributed by atoms with Gasteiger partial charge in [-0.15, -0.1) is 11.8 Å². The van der Waals surface area contributed by atoms with E-state index in [0.29, 0.717) is 65.3 Å². The lowest BCUT2D eigenvalue weighted by molar-refractivity contribution is -0.146. The van der Waals surface area contributed by atoms with E-state index in [9.17, 15) is 23.1 Å². The van der Waals surface area contributed by atoms with Crippen LogP contribution in [0.25, 0.3) is 10.9 Å². The van der Waals surface area contributed by atoms with Crippen LogP contribution in [0.4, 0.5) is 17.6 Å². The Morgan fingerprint density at radius 1 is 1.24 bits per heavy atom. The Balaban J connectivity index is 1.32. The van der Waals surface area contributed by atoms with Gasteiger partial charge in [0.05, 0.1) is 24.1 Å². The van der Waals surface area contributed by atoms with Gasteiger partial charge < -0.3 is 14.7 Å². The molecule has 0 unspecified atom stereocenters. The molecule has 1 aliphatic heterocycles. The van der Waals surface area contributed by atoms with Crippen molar-refractivity contribution in [1.82, 2.24) is 9.88 Å². The van der Waals surface area contributed by atoms with Gasteiger partial charge in [0, 0.05) is 35.3 Å². The summed E-state index contributed by atoms with van der Waals surface area (Å²) in [6.45, 7) is 1.58. The summed E-state index contributed by atoms with van der Waals surface area (Å²) in [4.78, 5) is 18.9. The zero-order chi connectivity index (χ0) is 27.3. The quantitative estimate of drug-likeness (QED) is 0.220. The van der Waals surface area contributed by atoms with E-state index in [-0.39, 0.29) is 12.3 Å². The van der Waals surface area contributed by atoms with E-state index in [2.05, 4.69) is 4.98 Å². The van der Waals surface area contributed by atoms with Crippen LogP contribution in [-0.4, -0.2) is 53.5 Å². The number of methoxy groups -OCH3 is 1. The number of benzene rings is 2. The van der Waals surface area contributed by atoms with Gasteiger partial charge in [-0.2, -0.15) is 13.2 Å². The third-order valence-electron chi connectivity index (χ3n) is 7.11. The lowest BCUT2D eigenvalue weighted by Gasteiger charge is -2.36. The van der Waals surface area contributed by atoms with Gasteiger partial charge in [0.25, 0.3) is 0 Å². The molecule has 204 valence electrons. The van der Waals surface area contributed by atoms with Gasteiger partial charge in [-0.3, -0.25) is 9.78 Å². The molecule has 2 aromatic carbocycles. The minimum atomic E-state index is -4.39. The fourth-order valence-electron chi connectivity index (χ4n) is 5.01. The molecule has 3 atom stereocenters. The third-order valence-corrected chi connectivity index (χ3v) is 8.08. The van der Waals surface area contributed by atoms with E-state index in [1.165, 1.54) is 17.8 Å². The molecule has 10 heteroatoms. The Morgan fingerprint density at radius 2 is 2.05 bits per heavy atom. The predicted octanol–water partition coefficient (Wildman–Crippen LogP) is 6.87. The molecule has 1 fully saturated rings. The number of halogens is 4. The topological polar surface area (TPSA) is 62.7 Å². The molecule has 0 amide bonds. The van der Waals surface area contributed by atoms with Crippen LogP contribution in [0.5, 0.6) is 5.75 Å². The molecule has 1 aliphatic rings. The maximum absolute atomic E-state index is 15.4. The van der Waals surface area contributed by atoms with E-state index in [4.69, 9.17) is 4.74 Å². The van der Waals surface area contributed by atoms with Crippen molar-refractivity contribution < 1.29 is 32.2 Å². The van der Waals surface area contributed by atoms with Crippen molar-refractivity contribution in [2.45, 2.75) is 36.5 Å². The molecule has 1 saturated heterocycles. The highest BCUT2D eigenvalue weighted by Gasteiger charge is 2.35. The van der Waals surface area contributed by atoms with E-state index < -0.39 is 29.8 Å². The predicted molar refractivity (Wildman–Crippen MR) is 139 cm³/mol. The Bertz CT molecular complexity index is 1260. The number of fused-ring (bicyclic) bond motifs is 1. The maximum Gasteiger partial charge on any atom is 0.416 e. The minimum Gasteiger partial charge on any atom is -0.497 e. The summed E-state index contributed by atoms with van der Waals surface area (Å²) in [6, 6.07) is 12.2. The zero-order valence-electron chi connectivity index (χ0n) is 21.0. The average molecular weight is 551 g/mol. The van der Waals surface area contributed by atoms with Gasteiger partial charge in [-0.05, 0) is 79.8 Å². The second-order valence-corrected chi connectivity index (χ2v) is 10.7. The highest BCUT2D eigenvalue weighted by Crippen LogP contribution is 2.36. The second kappa shape index (κ2) is 12.3. The number of carboxylic acids is 1. The molecule has 0 spiro atoms. The highest BCUT2D eigenvalue weighted by atomic mass is 32.2. The van der Waals surface area contributed by atoms with Gasteiger partial charge >= 0.3 is 12.1 Å². The number of hydrogen-bond donors (Lipinski definition) is 1. The molecule has 2 heterocycles. The molecule has 5 nitrogen and oxygen atoms in total. The van der Waals surface area contributed by atoms with Crippen LogP contribution in [-0.2, 0) is 11.0 Å². The monoisotopic (exact) mass is 550 g/mol. The molecule has 4 rings (SSSR count). The van der Waals surface area contributed by atoms with Gasteiger partial charge in [0.2, 0.25) is 0 Å². The van der Waals surface area contributed by atoms with Crippen LogP contribution in [0.3, 0.4) is 0 Å². The van der Waals surface area contributed by atoms with Crippen molar-refractivity contribution in [2.75, 3.05) is 32.5 Å². The number of nitrogens with zero attached hydrogens (tertiary/aromatic N) is 2. The number of hydrogen-bond acceptors (Lipinski definition) is 5. The first-order valence-electron chi connectivity index (χ1n) is 12.5. The average Bonchev–Trinajstić information content (AvgIpc) is 2.91. The van der Waals surface area contributed by atoms with E-state index >= 15 is 4.39 Å². The Morgan fingerprint density at radius 3 is 2.79 bits per heavy atom. The number of alkyl halides is 4. The van der Waals surface area contributed by atoms with Crippen LogP contribution in [0.15, 0.2) is 59.6 Å². The summed E-state index contributed by atoms with van der Waals surface area (Å²) < 4.78 is 59.5. The van der Waals surface area contributed by atoms with E-state index in [1.54, 1.807) is 43.6 Å². The standard InChI is InChI=1S/C28H30F4N2O3S/c1-37-20-6-8-26-23(16-20)22(9-11-33-26)25(29)7-5-18-10-12-34(17-24(18)27(35)36)13-14-38-21-4-2-3-19(15-21)28(30,31)32/h2-4,6,8-9,11,15-16,18,24-25H,5,7,10,12-14,17H2,1H3,(H,35,36)/t18-,24+,25+/m1/s1. The number of ether oxygens (including phenoxy) is 1. The lowest BCUT2D eigenvalue weighted by Crippen LogP contribution is -2.44. The fraction of sp³-hybridized carbons (Fsp3) is 0.429. The Kier molecular flexibility index (Phi) is 9.15. The molecule has 0 saturated carbocycles. The minimum absolute atomic E-state index is 0.152. The number of rotatable bonds is 10. The summed E-state index contributed by atoms with van der Waals surface area (Å²) in [7, 11) is 1.55. The normalized spacial score (nSPS) is 19.4. The van der Waals surface area contributed by atoms with E-state index in [1.807, 2.05) is 4.90 Å². The number of likely N-dealkylation sites (tertiary alicyclic amines) is 1. The number of piperidine rings is 1. The van der Waals surface area contributed by atoms with Crippen molar-refractivity contribution in [3.8, 4) is 5.75 Å². The van der Waals surface area contributed by atoms with Crippen LogP contribution in [0, 0.1) is 11.8 Å². The SMILES string of the molecule is COc1ccc2nccc([C@@H](F)CC[C@@H]3CCN(CCSc4cccc(C(F)(F)F)c4)C[C@@H]3C(=O)O)c2c1. The third kappa shape index (κ3) is 6.96. The summed E-state index contributed by atoms with van der Waals surface area (Å²) in [5.74, 6) is -0.517. The smallest absolute Gasteiger partial charge is 0.416 e. The van der Waals surface area contributed by atoms with Crippen molar-refractivity contribution >= 4 is 28.6 Å². The van der Waals surface area contributed by atoms with Crippen molar-refractivity contribution in [3.63, 3.8) is 0 Å². The van der Waals surface area contributed by atoms with Gasteiger partial charge in [0.15, 0.2) is 0 Å². The first-order valence-corrected chi connectivity index (χ1v) is 13.5. The first kappa shape index (κ1) is 28.2. The number of carboxylic acid groups (broad SMARTS) is 1. The summed E-state index contributed by atoms with van der Waals surface area (Å²) >= 11 is 1.32. The number of carbonyl (C=O) groups is 1. The fourth-order valence-corrected chi connectivity index (χ4v) is 5.98. The number of aromatic nitrogens is 1. The largest absolute Gasteiger partial charge is 0.497 e. The Hall–Kier alpha value is -2.85. The summed E-state index contributed by atoms with van der Waals surface area (Å²) in [6.07, 6.45) is -2.79. The molecular formula is C28H30F4N2O3S. The first-order chi connectivity index (χ1) is 18.2. The van der Waals surface area contributed by atoms with Crippen molar-refractivity contribution in [2.24, 2.45) is 11.8 Å². The summed E-state index contributed by atoms with van der Waals surface area (Å²) in [5.41, 5.74) is 0.509. The maximum atomic E-state index is 15.4. The molecule has 0 radical (unpaired) electrons. The second-order valence-electron chi connectivity index (χ2n) is 9.50. The van der Waals surface area contributed by atoms with Crippen LogP contribution in [0.1, 0.15) is 36.6 Å². The number of aliphatic carboxylic acids is 1. The molecule has 38 heavy (non-hydrogen) atoms. The van der Waals surface area contributed by atoms with Gasteiger partial charge in [-0.1, -0.05) is 6.07 Å². The van der Waals surface area contributed by atoms with Crippen LogP contribution < -0.4 is 4.74 Å². The number of thioether (sulfide) groups is 1. The Labute approximate surface area is 223 Å². The van der Waals surface area contributed by atoms with Crippen LogP contribution in [0.2, 0.25) is 0 Å². The lowest BCUT2D eigenvalue weighted by atomic mass is 9.81. The number of pyridine rings is 1. The molecule has 3 aromatic rings. The molecule has 1 aromatic heterocycles. The molecule has 1 N–H and O–H groups in total. The van der Waals surface area contributed by atoms with Crippen molar-refractivity contribution in [3.05, 3.63) is 65.9 Å².